The molecule has 1 aromatic carbocycles. The van der Waals surface area contributed by atoms with Gasteiger partial charge in [-0.2, -0.15) is 0 Å². The fourth-order valence-corrected chi connectivity index (χ4v) is 2.92. The predicted octanol–water partition coefficient (Wildman–Crippen LogP) is 2.27. The summed E-state index contributed by atoms with van der Waals surface area (Å²) in [6.45, 7) is 4.22. The Hall–Kier alpha value is -3.19. The molecular weight excluding hydrogens is 330 g/mol. The van der Waals surface area contributed by atoms with E-state index in [1.54, 1.807) is 4.40 Å². The molecule has 7 heteroatoms. The Bertz CT molecular complexity index is 977. The van der Waals surface area contributed by atoms with Crippen LogP contribution >= 0.6 is 0 Å². The van der Waals surface area contributed by atoms with E-state index in [1.165, 1.54) is 0 Å². The average Bonchev–Trinajstić information content (AvgIpc) is 2.96. The number of aryl methyl sites for hydroxylation is 2. The van der Waals surface area contributed by atoms with E-state index in [2.05, 4.69) is 15.6 Å². The largest absolute Gasteiger partial charge is 0.378 e. The fourth-order valence-electron chi connectivity index (χ4n) is 2.92. The summed E-state index contributed by atoms with van der Waals surface area (Å²) < 4.78 is 1.76. The number of hydrogen-bond donors (Lipinski definition) is 3. The quantitative estimate of drug-likeness (QED) is 0.591. The zero-order valence-electron chi connectivity index (χ0n) is 14.7. The van der Waals surface area contributed by atoms with Crippen LogP contribution in [0.1, 0.15) is 27.3 Å². The first kappa shape index (κ1) is 17.6. The molecule has 0 unspecified atom stereocenters. The number of nitrogens with zero attached hydrogens (tertiary/aromatic N) is 2. The van der Waals surface area contributed by atoms with Crippen molar-refractivity contribution in [1.29, 1.82) is 0 Å². The van der Waals surface area contributed by atoms with Gasteiger partial charge in [0.1, 0.15) is 5.69 Å². The summed E-state index contributed by atoms with van der Waals surface area (Å²) in [4.78, 5) is 27.4. The van der Waals surface area contributed by atoms with Crippen molar-refractivity contribution in [3.05, 3.63) is 59.0 Å². The average molecular weight is 351 g/mol. The van der Waals surface area contributed by atoms with Crippen LogP contribution in [0.3, 0.4) is 0 Å². The molecule has 7 nitrogen and oxygen atoms in total. The lowest BCUT2D eigenvalue weighted by atomic mass is 10.1. The Morgan fingerprint density at radius 2 is 2.00 bits per heavy atom. The first-order valence-corrected chi connectivity index (χ1v) is 8.30. The van der Waals surface area contributed by atoms with Gasteiger partial charge in [-0.15, -0.1) is 0 Å². The molecule has 0 aliphatic heterocycles. The van der Waals surface area contributed by atoms with Crippen LogP contribution in [0.4, 0.5) is 11.4 Å². The van der Waals surface area contributed by atoms with Gasteiger partial charge >= 0.3 is 0 Å². The van der Waals surface area contributed by atoms with Gasteiger partial charge in [0, 0.05) is 18.4 Å². The van der Waals surface area contributed by atoms with Crippen molar-refractivity contribution >= 4 is 29.2 Å². The van der Waals surface area contributed by atoms with E-state index in [9.17, 15) is 9.59 Å². The van der Waals surface area contributed by atoms with Crippen LogP contribution in [0.5, 0.6) is 0 Å². The number of amides is 1. The molecule has 4 N–H and O–H groups in total. The zero-order valence-corrected chi connectivity index (χ0v) is 14.7. The maximum Gasteiger partial charge on any atom is 0.238 e. The van der Waals surface area contributed by atoms with Crippen molar-refractivity contribution in [2.24, 2.45) is 5.73 Å². The molecule has 0 atom stereocenters. The lowest BCUT2D eigenvalue weighted by Crippen LogP contribution is -2.23. The molecule has 134 valence electrons. The van der Waals surface area contributed by atoms with E-state index in [4.69, 9.17) is 5.73 Å². The molecule has 2 heterocycles. The highest BCUT2D eigenvalue weighted by atomic mass is 16.1. The third kappa shape index (κ3) is 3.29. The molecule has 0 saturated heterocycles. The highest BCUT2D eigenvalue weighted by molar-refractivity contribution is 5.93. The number of carbonyl (C=O) groups is 2. The summed E-state index contributed by atoms with van der Waals surface area (Å²) in [5, 5.41) is 6.19. The summed E-state index contributed by atoms with van der Waals surface area (Å²) in [6, 6.07) is 9.49. The lowest BCUT2D eigenvalue weighted by molar-refractivity contribution is -0.114. The minimum atomic E-state index is -0.238. The number of imidazole rings is 1. The standard InChI is InChI=1S/C19H21N5O2/c1-12-5-3-6-15(23-18(26)9-20)14(12)10-21-16-7-4-8-24-17(11-25)13(2)22-19(16)24/h3-8,11,21H,9-10,20H2,1-2H3,(H,23,26). The van der Waals surface area contributed by atoms with Gasteiger partial charge in [-0.3, -0.25) is 14.0 Å². The third-order valence-corrected chi connectivity index (χ3v) is 4.31. The number of hydrogen-bond acceptors (Lipinski definition) is 5. The van der Waals surface area contributed by atoms with Gasteiger partial charge in [0.15, 0.2) is 11.9 Å². The van der Waals surface area contributed by atoms with Gasteiger partial charge in [-0.25, -0.2) is 4.98 Å². The molecule has 0 aliphatic rings. The molecule has 1 amide bonds. The van der Waals surface area contributed by atoms with Gasteiger partial charge in [-0.1, -0.05) is 12.1 Å². The van der Waals surface area contributed by atoms with E-state index in [1.807, 2.05) is 50.4 Å². The van der Waals surface area contributed by atoms with Crippen LogP contribution in [0.25, 0.3) is 5.65 Å². The van der Waals surface area contributed by atoms with Crippen LogP contribution in [-0.4, -0.2) is 28.1 Å². The monoisotopic (exact) mass is 351 g/mol. The third-order valence-electron chi connectivity index (χ3n) is 4.31. The topological polar surface area (TPSA) is 102 Å². The van der Waals surface area contributed by atoms with E-state index in [-0.39, 0.29) is 12.5 Å². The summed E-state index contributed by atoms with van der Waals surface area (Å²) in [5.41, 5.74) is 10.9. The minimum absolute atomic E-state index is 0.0675. The van der Waals surface area contributed by atoms with E-state index >= 15 is 0 Å². The number of anilines is 2. The molecule has 3 rings (SSSR count). The number of pyridine rings is 1. The molecule has 3 aromatic rings. The molecule has 0 fully saturated rings. The van der Waals surface area contributed by atoms with Crippen molar-refractivity contribution in [3.8, 4) is 0 Å². The molecule has 0 spiro atoms. The van der Waals surface area contributed by atoms with Crippen molar-refractivity contribution < 1.29 is 9.59 Å². The molecule has 2 aromatic heterocycles. The second-order valence-electron chi connectivity index (χ2n) is 6.02. The van der Waals surface area contributed by atoms with Gasteiger partial charge in [0.2, 0.25) is 5.91 Å². The van der Waals surface area contributed by atoms with Crippen LogP contribution in [-0.2, 0) is 11.3 Å². The van der Waals surface area contributed by atoms with Crippen LogP contribution in [0, 0.1) is 13.8 Å². The summed E-state index contributed by atoms with van der Waals surface area (Å²) in [6.07, 6.45) is 2.62. The van der Waals surface area contributed by atoms with Crippen LogP contribution < -0.4 is 16.4 Å². The molecule has 0 aliphatic carbocycles. The fraction of sp³-hybridized carbons (Fsp3) is 0.211. The van der Waals surface area contributed by atoms with E-state index < -0.39 is 0 Å². The number of nitrogens with two attached hydrogens (primary N) is 1. The first-order chi connectivity index (χ1) is 12.5. The Morgan fingerprint density at radius 1 is 1.23 bits per heavy atom. The Balaban J connectivity index is 1.92. The van der Waals surface area contributed by atoms with Gasteiger partial charge < -0.3 is 16.4 Å². The number of benzene rings is 1. The maximum absolute atomic E-state index is 11.7. The molecule has 26 heavy (non-hydrogen) atoms. The summed E-state index contributed by atoms with van der Waals surface area (Å²) in [5.74, 6) is -0.238. The Kier molecular flexibility index (Phi) is 4.99. The van der Waals surface area contributed by atoms with Crippen LogP contribution in [0.2, 0.25) is 0 Å². The second kappa shape index (κ2) is 7.37. The minimum Gasteiger partial charge on any atom is -0.378 e. The number of carbonyl (C=O) groups excluding carboxylic acids is 2. The number of rotatable bonds is 6. The number of aromatic nitrogens is 2. The second-order valence-corrected chi connectivity index (χ2v) is 6.02. The molecule has 0 bridgehead atoms. The highest BCUT2D eigenvalue weighted by Crippen LogP contribution is 2.24. The van der Waals surface area contributed by atoms with E-state index in [0.717, 1.165) is 28.8 Å². The summed E-state index contributed by atoms with van der Waals surface area (Å²) in [7, 11) is 0. The first-order valence-electron chi connectivity index (χ1n) is 8.30. The van der Waals surface area contributed by atoms with Gasteiger partial charge in [-0.05, 0) is 43.2 Å². The number of fused-ring (bicyclic) bond motifs is 1. The van der Waals surface area contributed by atoms with Crippen molar-refractivity contribution in [2.45, 2.75) is 20.4 Å². The summed E-state index contributed by atoms with van der Waals surface area (Å²) >= 11 is 0. The molecular formula is C19H21N5O2. The SMILES string of the molecule is Cc1cccc(NC(=O)CN)c1CNc1cccn2c(C=O)c(C)nc12. The smallest absolute Gasteiger partial charge is 0.238 e. The van der Waals surface area contributed by atoms with Gasteiger partial charge in [0.05, 0.1) is 17.9 Å². The zero-order chi connectivity index (χ0) is 18.7. The Labute approximate surface area is 151 Å². The highest BCUT2D eigenvalue weighted by Gasteiger charge is 2.12. The number of nitrogens with one attached hydrogen (secondary N) is 2. The predicted molar refractivity (Wildman–Crippen MR) is 102 cm³/mol. The van der Waals surface area contributed by atoms with Gasteiger partial charge in [0.25, 0.3) is 0 Å². The van der Waals surface area contributed by atoms with Crippen molar-refractivity contribution in [3.63, 3.8) is 0 Å². The van der Waals surface area contributed by atoms with Crippen molar-refractivity contribution in [2.75, 3.05) is 17.2 Å². The normalized spacial score (nSPS) is 10.7. The molecule has 0 radical (unpaired) electrons. The van der Waals surface area contributed by atoms with E-state index in [0.29, 0.717) is 23.6 Å². The number of aldehydes is 1. The maximum atomic E-state index is 11.7. The Morgan fingerprint density at radius 3 is 2.73 bits per heavy atom. The van der Waals surface area contributed by atoms with Crippen molar-refractivity contribution in [1.82, 2.24) is 9.38 Å². The van der Waals surface area contributed by atoms with Crippen LogP contribution in [0.15, 0.2) is 36.5 Å². The lowest BCUT2D eigenvalue weighted by Gasteiger charge is -2.15. The molecule has 0 saturated carbocycles.